The normalized spacial score (nSPS) is 11.1. The summed E-state index contributed by atoms with van der Waals surface area (Å²) in [4.78, 5) is 21.6. The Morgan fingerprint density at radius 2 is 2.19 bits per heavy atom. The Morgan fingerprint density at radius 1 is 1.38 bits per heavy atom. The monoisotopic (exact) mass is 320 g/mol. The lowest BCUT2D eigenvalue weighted by molar-refractivity contribution is 0.0661. The summed E-state index contributed by atoms with van der Waals surface area (Å²) < 4.78 is 5.25. The van der Waals surface area contributed by atoms with E-state index in [1.165, 1.54) is 28.3 Å². The molecule has 0 bridgehead atoms. The number of fused-ring (bicyclic) bond motifs is 1. The van der Waals surface area contributed by atoms with Gasteiger partial charge in [0, 0.05) is 10.3 Å². The summed E-state index contributed by atoms with van der Waals surface area (Å²) in [6.45, 7) is 4.14. The molecule has 108 valence electrons. The molecule has 0 saturated carbocycles. The van der Waals surface area contributed by atoms with E-state index in [1.54, 1.807) is 23.7 Å². The van der Waals surface area contributed by atoms with Crippen LogP contribution in [-0.2, 0) is 5.75 Å². The highest BCUT2D eigenvalue weighted by Crippen LogP contribution is 2.35. The van der Waals surface area contributed by atoms with Crippen LogP contribution >= 0.6 is 23.1 Å². The maximum atomic E-state index is 10.8. The molecule has 0 aromatic carbocycles. The number of carboxylic acid groups (broad SMARTS) is 1. The highest BCUT2D eigenvalue weighted by Gasteiger charge is 2.14. The van der Waals surface area contributed by atoms with E-state index in [2.05, 4.69) is 23.8 Å². The van der Waals surface area contributed by atoms with Crippen LogP contribution in [-0.4, -0.2) is 21.0 Å². The number of rotatable bonds is 4. The van der Waals surface area contributed by atoms with Crippen LogP contribution in [0, 0.1) is 13.8 Å². The number of carbonyl (C=O) groups is 1. The van der Waals surface area contributed by atoms with Crippen molar-refractivity contribution < 1.29 is 14.3 Å². The number of aromatic nitrogens is 2. The Kier molecular flexibility index (Phi) is 3.69. The number of hydrogen-bond donors (Lipinski definition) is 1. The number of carboxylic acids is 1. The largest absolute Gasteiger partial charge is 0.475 e. The van der Waals surface area contributed by atoms with Gasteiger partial charge in [-0.05, 0) is 31.5 Å². The Balaban J connectivity index is 1.86. The van der Waals surface area contributed by atoms with Crippen LogP contribution < -0.4 is 0 Å². The van der Waals surface area contributed by atoms with Crippen molar-refractivity contribution in [1.82, 2.24) is 9.97 Å². The molecule has 3 aromatic rings. The Morgan fingerprint density at radius 3 is 2.90 bits per heavy atom. The average molecular weight is 320 g/mol. The number of aryl methyl sites for hydroxylation is 2. The number of hydrogen-bond acceptors (Lipinski definition) is 6. The van der Waals surface area contributed by atoms with E-state index in [-0.39, 0.29) is 5.76 Å². The van der Waals surface area contributed by atoms with Gasteiger partial charge in [-0.15, -0.1) is 11.3 Å². The summed E-state index contributed by atoms with van der Waals surface area (Å²) in [7, 11) is 0. The second-order valence-electron chi connectivity index (χ2n) is 4.50. The van der Waals surface area contributed by atoms with Crippen molar-refractivity contribution >= 4 is 39.3 Å². The van der Waals surface area contributed by atoms with Gasteiger partial charge in [-0.1, -0.05) is 11.8 Å². The van der Waals surface area contributed by atoms with Crippen LogP contribution in [0.3, 0.4) is 0 Å². The average Bonchev–Trinajstić information content (AvgIpc) is 3.03. The zero-order valence-electron chi connectivity index (χ0n) is 11.4. The summed E-state index contributed by atoms with van der Waals surface area (Å²) in [5, 5.41) is 10.8. The van der Waals surface area contributed by atoms with E-state index in [0.29, 0.717) is 11.5 Å². The first kappa shape index (κ1) is 14.1. The molecule has 0 spiro atoms. The number of thioether (sulfide) groups is 1. The van der Waals surface area contributed by atoms with Crippen LogP contribution in [0.2, 0.25) is 0 Å². The van der Waals surface area contributed by atoms with Crippen molar-refractivity contribution in [2.75, 3.05) is 0 Å². The fourth-order valence-corrected chi connectivity index (χ4v) is 3.98. The Bertz CT molecular complexity index is 823. The molecule has 0 atom stereocenters. The van der Waals surface area contributed by atoms with Gasteiger partial charge in [0.05, 0.1) is 5.75 Å². The van der Waals surface area contributed by atoms with Gasteiger partial charge in [0.2, 0.25) is 5.76 Å². The number of thiophene rings is 1. The molecule has 0 aliphatic heterocycles. The number of aromatic carboxylic acids is 1. The molecule has 0 radical (unpaired) electrons. The molecular weight excluding hydrogens is 308 g/mol. The lowest BCUT2D eigenvalue weighted by Crippen LogP contribution is -1.91. The molecule has 0 aliphatic rings. The van der Waals surface area contributed by atoms with E-state index >= 15 is 0 Å². The summed E-state index contributed by atoms with van der Waals surface area (Å²) in [5.74, 6) is 0.0584. The number of furan rings is 1. The topological polar surface area (TPSA) is 76.2 Å². The lowest BCUT2D eigenvalue weighted by atomic mass is 10.2. The maximum Gasteiger partial charge on any atom is 0.371 e. The van der Waals surface area contributed by atoms with Crippen LogP contribution in [0.1, 0.15) is 26.8 Å². The highest BCUT2D eigenvalue weighted by molar-refractivity contribution is 7.98. The van der Waals surface area contributed by atoms with Crippen molar-refractivity contribution in [3.63, 3.8) is 0 Å². The maximum absolute atomic E-state index is 10.8. The standard InChI is InChI=1S/C14H12N2O3S2/c1-7-8(2)21-13-11(7)12(15-6-16-13)20-5-9-3-4-10(19-9)14(17)18/h3-4,6H,5H2,1-2H3,(H,17,18). The number of nitrogens with zero attached hydrogens (tertiary/aromatic N) is 2. The fourth-order valence-electron chi connectivity index (χ4n) is 1.97. The second-order valence-corrected chi connectivity index (χ2v) is 6.67. The van der Waals surface area contributed by atoms with Gasteiger partial charge in [-0.25, -0.2) is 14.8 Å². The molecule has 0 unspecified atom stereocenters. The van der Waals surface area contributed by atoms with Gasteiger partial charge in [0.15, 0.2) is 0 Å². The predicted octanol–water partition coefficient (Wildman–Crippen LogP) is 3.89. The molecule has 1 N–H and O–H groups in total. The van der Waals surface area contributed by atoms with Crippen molar-refractivity contribution in [3.8, 4) is 0 Å². The van der Waals surface area contributed by atoms with Gasteiger partial charge in [-0.2, -0.15) is 0 Å². The molecule has 0 saturated heterocycles. The van der Waals surface area contributed by atoms with Crippen LogP contribution in [0.25, 0.3) is 10.2 Å². The van der Waals surface area contributed by atoms with Crippen molar-refractivity contribution in [3.05, 3.63) is 40.4 Å². The molecule has 21 heavy (non-hydrogen) atoms. The smallest absolute Gasteiger partial charge is 0.371 e. The van der Waals surface area contributed by atoms with Crippen LogP contribution in [0.15, 0.2) is 27.9 Å². The van der Waals surface area contributed by atoms with Crippen molar-refractivity contribution in [1.29, 1.82) is 0 Å². The summed E-state index contributed by atoms with van der Waals surface area (Å²) in [6, 6.07) is 3.15. The molecular formula is C14H12N2O3S2. The van der Waals surface area contributed by atoms with Crippen LogP contribution in [0.5, 0.6) is 0 Å². The molecule has 0 aliphatic carbocycles. The molecule has 3 aromatic heterocycles. The van der Waals surface area contributed by atoms with Gasteiger partial charge in [-0.3, -0.25) is 0 Å². The first-order valence-electron chi connectivity index (χ1n) is 6.21. The molecule has 0 amide bonds. The highest BCUT2D eigenvalue weighted by atomic mass is 32.2. The van der Waals surface area contributed by atoms with Gasteiger partial charge >= 0.3 is 5.97 Å². The van der Waals surface area contributed by atoms with E-state index in [9.17, 15) is 4.79 Å². The SMILES string of the molecule is Cc1sc2ncnc(SCc3ccc(C(=O)O)o3)c2c1C. The van der Waals surface area contributed by atoms with Crippen molar-refractivity contribution in [2.45, 2.75) is 24.6 Å². The summed E-state index contributed by atoms with van der Waals surface area (Å²) in [6.07, 6.45) is 1.56. The predicted molar refractivity (Wildman–Crippen MR) is 82.1 cm³/mol. The lowest BCUT2D eigenvalue weighted by Gasteiger charge is -2.01. The fraction of sp³-hybridized carbons (Fsp3) is 0.214. The van der Waals surface area contributed by atoms with E-state index in [1.807, 2.05) is 0 Å². The molecule has 7 heteroatoms. The quantitative estimate of drug-likeness (QED) is 0.580. The third-order valence-electron chi connectivity index (χ3n) is 3.15. The molecule has 3 heterocycles. The molecule has 0 fully saturated rings. The zero-order chi connectivity index (χ0) is 15.0. The Hall–Kier alpha value is -1.86. The molecule has 3 rings (SSSR count). The first-order chi connectivity index (χ1) is 10.1. The van der Waals surface area contributed by atoms with E-state index in [0.717, 1.165) is 15.2 Å². The Labute approximate surface area is 129 Å². The van der Waals surface area contributed by atoms with Crippen LogP contribution in [0.4, 0.5) is 0 Å². The molecule has 5 nitrogen and oxygen atoms in total. The zero-order valence-corrected chi connectivity index (χ0v) is 13.0. The first-order valence-corrected chi connectivity index (χ1v) is 8.02. The summed E-state index contributed by atoms with van der Waals surface area (Å²) in [5.41, 5.74) is 1.20. The minimum atomic E-state index is -1.06. The van der Waals surface area contributed by atoms with E-state index < -0.39 is 5.97 Å². The minimum Gasteiger partial charge on any atom is -0.475 e. The minimum absolute atomic E-state index is 0.0407. The third-order valence-corrected chi connectivity index (χ3v) is 5.28. The third kappa shape index (κ3) is 2.66. The van der Waals surface area contributed by atoms with Gasteiger partial charge in [0.25, 0.3) is 0 Å². The second kappa shape index (κ2) is 5.50. The summed E-state index contributed by atoms with van der Waals surface area (Å²) >= 11 is 3.18. The van der Waals surface area contributed by atoms with Gasteiger partial charge in [0.1, 0.15) is 21.9 Å². The van der Waals surface area contributed by atoms with E-state index in [4.69, 9.17) is 9.52 Å². The van der Waals surface area contributed by atoms with Gasteiger partial charge < -0.3 is 9.52 Å². The van der Waals surface area contributed by atoms with Crippen molar-refractivity contribution in [2.24, 2.45) is 0 Å².